The van der Waals surface area contributed by atoms with Crippen molar-refractivity contribution in [3.05, 3.63) is 12.7 Å². The van der Waals surface area contributed by atoms with E-state index in [1.165, 1.54) is 0 Å². The first-order valence-electron chi connectivity index (χ1n) is 5.76. The van der Waals surface area contributed by atoms with E-state index in [1.807, 2.05) is 0 Å². The zero-order valence-corrected chi connectivity index (χ0v) is 9.19. The van der Waals surface area contributed by atoms with Crippen molar-refractivity contribution in [1.82, 2.24) is 5.32 Å². The summed E-state index contributed by atoms with van der Waals surface area (Å²) < 4.78 is 0. The number of hydrogen-bond acceptors (Lipinski definition) is 2. The number of fused-ring (bicyclic) bond motifs is 2. The zero-order valence-electron chi connectivity index (χ0n) is 9.19. The average Bonchev–Trinajstić information content (AvgIpc) is 2.84. The Labute approximate surface area is 94.7 Å². The molecule has 0 aromatic heterocycles. The fraction of sp³-hybridized carbons (Fsp3) is 0.667. The Balaban J connectivity index is 2.09. The second-order valence-corrected chi connectivity index (χ2v) is 4.76. The van der Waals surface area contributed by atoms with Crippen LogP contribution >= 0.6 is 0 Å². The molecular formula is C12H17NO3. The van der Waals surface area contributed by atoms with E-state index in [2.05, 4.69) is 11.9 Å². The van der Waals surface area contributed by atoms with Crippen molar-refractivity contribution >= 4 is 11.9 Å². The van der Waals surface area contributed by atoms with Gasteiger partial charge in [-0.3, -0.25) is 9.59 Å². The fourth-order valence-electron chi connectivity index (χ4n) is 3.31. The number of carbonyl (C=O) groups is 2. The fourth-order valence-corrected chi connectivity index (χ4v) is 3.31. The minimum absolute atomic E-state index is 0.112. The normalized spacial score (nSPS) is 36.0. The van der Waals surface area contributed by atoms with Crippen LogP contribution in [0.4, 0.5) is 0 Å². The topological polar surface area (TPSA) is 66.4 Å². The molecule has 0 aromatic rings. The average molecular weight is 223 g/mol. The predicted octanol–water partition coefficient (Wildman–Crippen LogP) is 1.04. The minimum atomic E-state index is -0.814. The first-order valence-corrected chi connectivity index (χ1v) is 5.76. The molecule has 4 atom stereocenters. The first-order chi connectivity index (χ1) is 7.65. The van der Waals surface area contributed by atoms with Crippen LogP contribution in [0, 0.1) is 23.7 Å². The molecule has 1 amide bonds. The Kier molecular flexibility index (Phi) is 2.99. The highest BCUT2D eigenvalue weighted by atomic mass is 16.4. The van der Waals surface area contributed by atoms with E-state index >= 15 is 0 Å². The molecule has 0 aromatic carbocycles. The largest absolute Gasteiger partial charge is 0.481 e. The molecule has 2 bridgehead atoms. The predicted molar refractivity (Wildman–Crippen MR) is 58.7 cm³/mol. The van der Waals surface area contributed by atoms with E-state index in [1.54, 1.807) is 6.08 Å². The van der Waals surface area contributed by atoms with Gasteiger partial charge in [-0.05, 0) is 31.1 Å². The molecule has 2 N–H and O–H groups in total. The molecule has 16 heavy (non-hydrogen) atoms. The zero-order chi connectivity index (χ0) is 11.7. The van der Waals surface area contributed by atoms with Crippen LogP contribution in [-0.4, -0.2) is 23.5 Å². The van der Waals surface area contributed by atoms with Crippen LogP contribution in [0.2, 0.25) is 0 Å². The lowest BCUT2D eigenvalue weighted by atomic mass is 9.79. The van der Waals surface area contributed by atoms with Crippen molar-refractivity contribution in [3.63, 3.8) is 0 Å². The summed E-state index contributed by atoms with van der Waals surface area (Å²) in [5.41, 5.74) is 0. The van der Waals surface area contributed by atoms with Crippen molar-refractivity contribution in [1.29, 1.82) is 0 Å². The van der Waals surface area contributed by atoms with Gasteiger partial charge in [-0.25, -0.2) is 0 Å². The number of rotatable bonds is 4. The number of hydrogen-bond donors (Lipinski definition) is 2. The molecule has 4 heteroatoms. The van der Waals surface area contributed by atoms with Gasteiger partial charge in [0.25, 0.3) is 0 Å². The maximum absolute atomic E-state index is 11.9. The van der Waals surface area contributed by atoms with Gasteiger partial charge in [-0.15, -0.1) is 6.58 Å². The number of amides is 1. The highest BCUT2D eigenvalue weighted by Gasteiger charge is 2.53. The summed E-state index contributed by atoms with van der Waals surface area (Å²) in [6.45, 7) is 3.95. The Morgan fingerprint density at radius 3 is 2.50 bits per heavy atom. The number of carboxylic acid groups (broad SMARTS) is 1. The van der Waals surface area contributed by atoms with Gasteiger partial charge >= 0.3 is 5.97 Å². The minimum Gasteiger partial charge on any atom is -0.481 e. The van der Waals surface area contributed by atoms with E-state index < -0.39 is 11.9 Å². The number of carbonyl (C=O) groups excluding carboxylic acids is 1. The van der Waals surface area contributed by atoms with Gasteiger partial charge in [0.15, 0.2) is 0 Å². The van der Waals surface area contributed by atoms with Gasteiger partial charge in [-0.2, -0.15) is 0 Å². The lowest BCUT2D eigenvalue weighted by Crippen LogP contribution is -2.41. The van der Waals surface area contributed by atoms with Crippen LogP contribution in [0.15, 0.2) is 12.7 Å². The third-order valence-corrected chi connectivity index (χ3v) is 3.92. The van der Waals surface area contributed by atoms with Gasteiger partial charge in [0.05, 0.1) is 11.8 Å². The van der Waals surface area contributed by atoms with Gasteiger partial charge in [-0.1, -0.05) is 6.08 Å². The molecule has 0 saturated heterocycles. The molecule has 2 fully saturated rings. The lowest BCUT2D eigenvalue weighted by Gasteiger charge is -2.26. The summed E-state index contributed by atoms with van der Waals surface area (Å²) in [5, 5.41) is 11.9. The molecule has 4 nitrogen and oxygen atoms in total. The first kappa shape index (κ1) is 11.2. The quantitative estimate of drug-likeness (QED) is 0.700. The monoisotopic (exact) mass is 223 g/mol. The Hall–Kier alpha value is -1.32. The van der Waals surface area contributed by atoms with Gasteiger partial charge < -0.3 is 10.4 Å². The molecule has 2 aliphatic rings. The maximum atomic E-state index is 11.9. The summed E-state index contributed by atoms with van der Waals surface area (Å²) >= 11 is 0. The lowest BCUT2D eigenvalue weighted by molar-refractivity contribution is -0.149. The van der Waals surface area contributed by atoms with E-state index in [0.717, 1.165) is 19.3 Å². The molecule has 2 rings (SSSR count). The Bertz CT molecular complexity index is 326. The van der Waals surface area contributed by atoms with Crippen molar-refractivity contribution in [2.45, 2.75) is 19.3 Å². The maximum Gasteiger partial charge on any atom is 0.307 e. The van der Waals surface area contributed by atoms with Crippen molar-refractivity contribution in [2.24, 2.45) is 23.7 Å². The number of carboxylic acids is 1. The molecule has 0 aliphatic heterocycles. The highest BCUT2D eigenvalue weighted by Crippen LogP contribution is 2.52. The van der Waals surface area contributed by atoms with Crippen LogP contribution in [0.1, 0.15) is 19.3 Å². The smallest absolute Gasteiger partial charge is 0.307 e. The molecule has 4 unspecified atom stereocenters. The summed E-state index contributed by atoms with van der Waals surface area (Å²) in [5.74, 6) is -1.23. The molecule has 0 heterocycles. The summed E-state index contributed by atoms with van der Waals surface area (Å²) in [7, 11) is 0. The summed E-state index contributed by atoms with van der Waals surface area (Å²) in [4.78, 5) is 23.1. The third kappa shape index (κ3) is 1.72. The van der Waals surface area contributed by atoms with E-state index in [0.29, 0.717) is 6.54 Å². The van der Waals surface area contributed by atoms with Crippen LogP contribution in [0.3, 0.4) is 0 Å². The van der Waals surface area contributed by atoms with E-state index in [-0.39, 0.29) is 23.7 Å². The number of aliphatic carboxylic acids is 1. The molecule has 0 spiro atoms. The molecule has 0 radical (unpaired) electrons. The highest BCUT2D eigenvalue weighted by molar-refractivity contribution is 5.86. The van der Waals surface area contributed by atoms with Crippen molar-refractivity contribution < 1.29 is 14.7 Å². The molecular weight excluding hydrogens is 206 g/mol. The third-order valence-electron chi connectivity index (χ3n) is 3.92. The van der Waals surface area contributed by atoms with Gasteiger partial charge in [0.1, 0.15) is 0 Å². The Morgan fingerprint density at radius 2 is 1.94 bits per heavy atom. The standard InChI is InChI=1S/C12H17NO3/c1-2-5-13-11(14)9-7-3-4-8(6-7)10(9)12(15)16/h2,7-10H,1,3-6H2,(H,13,14)(H,15,16). The summed E-state index contributed by atoms with van der Waals surface area (Å²) in [6.07, 6.45) is 4.48. The van der Waals surface area contributed by atoms with Gasteiger partial charge in [0, 0.05) is 6.54 Å². The summed E-state index contributed by atoms with van der Waals surface area (Å²) in [6, 6.07) is 0. The molecule has 2 aliphatic carbocycles. The van der Waals surface area contributed by atoms with Gasteiger partial charge in [0.2, 0.25) is 5.91 Å². The molecule has 88 valence electrons. The molecule has 2 saturated carbocycles. The van der Waals surface area contributed by atoms with Crippen LogP contribution in [-0.2, 0) is 9.59 Å². The van der Waals surface area contributed by atoms with Crippen LogP contribution in [0.25, 0.3) is 0 Å². The SMILES string of the molecule is C=CCNC(=O)C1C2CCC(C2)C1C(=O)O. The van der Waals surface area contributed by atoms with Crippen molar-refractivity contribution in [2.75, 3.05) is 6.54 Å². The number of nitrogens with one attached hydrogen (secondary N) is 1. The van der Waals surface area contributed by atoms with Crippen molar-refractivity contribution in [3.8, 4) is 0 Å². The van der Waals surface area contributed by atoms with Crippen LogP contribution < -0.4 is 5.32 Å². The van der Waals surface area contributed by atoms with Crippen LogP contribution in [0.5, 0.6) is 0 Å². The Morgan fingerprint density at radius 1 is 1.31 bits per heavy atom. The van der Waals surface area contributed by atoms with E-state index in [9.17, 15) is 14.7 Å². The van der Waals surface area contributed by atoms with E-state index in [4.69, 9.17) is 0 Å². The second kappa shape index (κ2) is 4.28. The second-order valence-electron chi connectivity index (χ2n) is 4.76.